The first-order chi connectivity index (χ1) is 6.97. The molecule has 15 heavy (non-hydrogen) atoms. The van der Waals surface area contributed by atoms with Gasteiger partial charge in [0.05, 0.1) is 18.7 Å². The molecule has 0 fully saturated rings. The Morgan fingerprint density at radius 3 is 2.67 bits per heavy atom. The van der Waals surface area contributed by atoms with Crippen LogP contribution in [0.3, 0.4) is 0 Å². The van der Waals surface area contributed by atoms with Crippen molar-refractivity contribution in [2.75, 3.05) is 7.11 Å². The number of halogens is 1. The van der Waals surface area contributed by atoms with E-state index >= 15 is 0 Å². The van der Waals surface area contributed by atoms with Gasteiger partial charge < -0.3 is 15.6 Å². The fourth-order valence-electron chi connectivity index (χ4n) is 1.14. The first-order valence-electron chi connectivity index (χ1n) is 4.33. The first kappa shape index (κ1) is 11.5. The summed E-state index contributed by atoms with van der Waals surface area (Å²) in [5, 5.41) is 9.36. The number of phenolic OH excluding ortho intramolecular Hbond substituents is 1. The molecule has 0 bridgehead atoms. The quantitative estimate of drug-likeness (QED) is 0.736. The van der Waals surface area contributed by atoms with Gasteiger partial charge in [-0.1, -0.05) is 0 Å². The van der Waals surface area contributed by atoms with E-state index in [4.69, 9.17) is 5.73 Å². The van der Waals surface area contributed by atoms with Crippen molar-refractivity contribution in [1.29, 1.82) is 0 Å². The molecule has 0 aliphatic rings. The van der Waals surface area contributed by atoms with Crippen LogP contribution in [0, 0.1) is 5.82 Å². The number of methoxy groups -OCH3 is 1. The maximum absolute atomic E-state index is 13.4. The van der Waals surface area contributed by atoms with Crippen LogP contribution in [-0.2, 0) is 0 Å². The van der Waals surface area contributed by atoms with Crippen LogP contribution in [0.5, 0.6) is 11.5 Å². The molecule has 1 atom stereocenters. The molecule has 4 nitrogen and oxygen atoms in total. The molecule has 0 saturated carbocycles. The Hall–Kier alpha value is -1.62. The van der Waals surface area contributed by atoms with E-state index in [1.807, 2.05) is 0 Å². The highest BCUT2D eigenvalue weighted by Crippen LogP contribution is 2.29. The molecule has 3 N–H and O–H groups in total. The fourth-order valence-corrected chi connectivity index (χ4v) is 1.14. The topological polar surface area (TPSA) is 72.5 Å². The van der Waals surface area contributed by atoms with Crippen molar-refractivity contribution in [3.8, 4) is 11.5 Å². The number of carbonyl (C=O) groups is 1. The second kappa shape index (κ2) is 4.27. The molecule has 82 valence electrons. The van der Waals surface area contributed by atoms with Gasteiger partial charge in [0.2, 0.25) is 0 Å². The van der Waals surface area contributed by atoms with Crippen molar-refractivity contribution in [3.63, 3.8) is 0 Å². The summed E-state index contributed by atoms with van der Waals surface area (Å²) in [6.45, 7) is 1.45. The highest BCUT2D eigenvalue weighted by atomic mass is 19.1. The van der Waals surface area contributed by atoms with E-state index in [-0.39, 0.29) is 17.1 Å². The summed E-state index contributed by atoms with van der Waals surface area (Å²) >= 11 is 0. The highest BCUT2D eigenvalue weighted by Gasteiger charge is 2.18. The van der Waals surface area contributed by atoms with Crippen molar-refractivity contribution in [2.24, 2.45) is 5.73 Å². The first-order valence-corrected chi connectivity index (χ1v) is 4.33. The van der Waals surface area contributed by atoms with Gasteiger partial charge in [0, 0.05) is 6.07 Å². The lowest BCUT2D eigenvalue weighted by molar-refractivity contribution is 0.0963. The number of carbonyl (C=O) groups excluding carboxylic acids is 1. The van der Waals surface area contributed by atoms with Crippen LogP contribution in [-0.4, -0.2) is 24.0 Å². The monoisotopic (exact) mass is 213 g/mol. The predicted octanol–water partition coefficient (Wildman–Crippen LogP) is 1.07. The van der Waals surface area contributed by atoms with Gasteiger partial charge in [-0.05, 0) is 13.0 Å². The van der Waals surface area contributed by atoms with Crippen molar-refractivity contribution < 1.29 is 19.0 Å². The Balaban J connectivity index is 3.22. The van der Waals surface area contributed by atoms with Crippen LogP contribution in [0.1, 0.15) is 17.3 Å². The van der Waals surface area contributed by atoms with E-state index in [2.05, 4.69) is 4.74 Å². The summed E-state index contributed by atoms with van der Waals surface area (Å²) in [4.78, 5) is 11.4. The normalized spacial score (nSPS) is 12.3. The zero-order valence-electron chi connectivity index (χ0n) is 8.45. The van der Waals surface area contributed by atoms with Crippen LogP contribution in [0.25, 0.3) is 0 Å². The molecule has 0 amide bonds. The highest BCUT2D eigenvalue weighted by molar-refractivity contribution is 6.00. The zero-order valence-corrected chi connectivity index (χ0v) is 8.45. The van der Waals surface area contributed by atoms with Gasteiger partial charge in [0.15, 0.2) is 17.3 Å². The maximum Gasteiger partial charge on any atom is 0.182 e. The molecule has 1 aromatic rings. The number of rotatable bonds is 3. The number of Topliss-reactive ketones (excluding diaryl/α,β-unsaturated/α-hetero) is 1. The molecule has 0 aliphatic carbocycles. The second-order valence-electron chi connectivity index (χ2n) is 3.16. The fraction of sp³-hybridized carbons (Fsp3) is 0.300. The van der Waals surface area contributed by atoms with Gasteiger partial charge in [0.25, 0.3) is 0 Å². The average molecular weight is 213 g/mol. The molecule has 0 spiro atoms. The van der Waals surface area contributed by atoms with E-state index < -0.39 is 17.6 Å². The van der Waals surface area contributed by atoms with E-state index in [1.165, 1.54) is 14.0 Å². The zero-order chi connectivity index (χ0) is 11.6. The number of phenols is 1. The molecule has 0 saturated heterocycles. The van der Waals surface area contributed by atoms with Gasteiger partial charge in [-0.15, -0.1) is 0 Å². The number of benzene rings is 1. The number of hydrogen-bond donors (Lipinski definition) is 2. The summed E-state index contributed by atoms with van der Waals surface area (Å²) in [5.41, 5.74) is 5.10. The van der Waals surface area contributed by atoms with Crippen molar-refractivity contribution >= 4 is 5.78 Å². The molecule has 0 radical (unpaired) electrons. The summed E-state index contributed by atoms with van der Waals surface area (Å²) in [6, 6.07) is 1.15. The number of ether oxygens (including phenoxy) is 1. The Morgan fingerprint density at radius 2 is 2.20 bits per heavy atom. The summed E-state index contributed by atoms with van der Waals surface area (Å²) < 4.78 is 18.0. The van der Waals surface area contributed by atoms with Crippen molar-refractivity contribution in [2.45, 2.75) is 13.0 Å². The molecule has 1 aromatic carbocycles. The van der Waals surface area contributed by atoms with Crippen molar-refractivity contribution in [1.82, 2.24) is 0 Å². The van der Waals surface area contributed by atoms with Crippen LogP contribution < -0.4 is 10.5 Å². The number of hydrogen-bond acceptors (Lipinski definition) is 4. The van der Waals surface area contributed by atoms with Crippen molar-refractivity contribution in [3.05, 3.63) is 23.5 Å². The van der Waals surface area contributed by atoms with Gasteiger partial charge in [0.1, 0.15) is 5.82 Å². The summed E-state index contributed by atoms with van der Waals surface area (Å²) in [6.07, 6.45) is 0. The van der Waals surface area contributed by atoms with Gasteiger partial charge in [-0.2, -0.15) is 0 Å². The Labute approximate surface area is 86.5 Å². The standard InChI is InChI=1S/C10H12FNO3/c1-5(12)10(14)6-3-8(13)9(15-2)4-7(6)11/h3-5,13H,12H2,1-2H3. The SMILES string of the molecule is COc1cc(F)c(C(=O)C(C)N)cc1O. The van der Waals surface area contributed by atoms with Crippen LogP contribution in [0.15, 0.2) is 12.1 Å². The van der Waals surface area contributed by atoms with E-state index in [0.29, 0.717) is 0 Å². The number of aromatic hydroxyl groups is 1. The predicted molar refractivity (Wildman–Crippen MR) is 52.6 cm³/mol. The molecule has 5 heteroatoms. The summed E-state index contributed by atoms with van der Waals surface area (Å²) in [7, 11) is 1.29. The maximum atomic E-state index is 13.4. The minimum atomic E-state index is -0.813. The lowest BCUT2D eigenvalue weighted by atomic mass is 10.0. The smallest absolute Gasteiger partial charge is 0.182 e. The molecule has 1 rings (SSSR count). The second-order valence-corrected chi connectivity index (χ2v) is 3.16. The summed E-state index contributed by atoms with van der Waals surface area (Å²) in [5.74, 6) is -1.63. The Morgan fingerprint density at radius 1 is 1.60 bits per heavy atom. The van der Waals surface area contributed by atoms with Gasteiger partial charge >= 0.3 is 0 Å². The van der Waals surface area contributed by atoms with Gasteiger partial charge in [-0.3, -0.25) is 4.79 Å². The molecule has 1 unspecified atom stereocenters. The lowest BCUT2D eigenvalue weighted by Gasteiger charge is -2.08. The largest absolute Gasteiger partial charge is 0.504 e. The van der Waals surface area contributed by atoms with E-state index in [1.54, 1.807) is 0 Å². The Bertz CT molecular complexity index is 390. The Kier molecular flexibility index (Phi) is 3.26. The third-order valence-electron chi connectivity index (χ3n) is 1.95. The molecular weight excluding hydrogens is 201 g/mol. The van der Waals surface area contributed by atoms with Crippen LogP contribution in [0.2, 0.25) is 0 Å². The molecule has 0 aromatic heterocycles. The molecule has 0 heterocycles. The molecule has 0 aliphatic heterocycles. The van der Waals surface area contributed by atoms with E-state index in [9.17, 15) is 14.3 Å². The van der Waals surface area contributed by atoms with Gasteiger partial charge in [-0.25, -0.2) is 4.39 Å². The average Bonchev–Trinajstić information content (AvgIpc) is 2.19. The minimum absolute atomic E-state index is 0.0197. The molecular formula is C10H12FNO3. The minimum Gasteiger partial charge on any atom is -0.504 e. The lowest BCUT2D eigenvalue weighted by Crippen LogP contribution is -2.27. The third kappa shape index (κ3) is 2.24. The van der Waals surface area contributed by atoms with Crippen LogP contribution in [0.4, 0.5) is 4.39 Å². The number of ketones is 1. The van der Waals surface area contributed by atoms with E-state index in [0.717, 1.165) is 12.1 Å². The third-order valence-corrected chi connectivity index (χ3v) is 1.95. The van der Waals surface area contributed by atoms with Crippen LogP contribution >= 0.6 is 0 Å². The number of nitrogens with two attached hydrogens (primary N) is 1.